The molecule has 0 bridgehead atoms. The molecule has 1 heterocycles. The Labute approximate surface area is 73.2 Å². The third kappa shape index (κ3) is 1.70. The van der Waals surface area contributed by atoms with Gasteiger partial charge in [0, 0.05) is 5.92 Å². The lowest BCUT2D eigenvalue weighted by Crippen LogP contribution is -2.20. The summed E-state index contributed by atoms with van der Waals surface area (Å²) in [5.41, 5.74) is 0. The van der Waals surface area contributed by atoms with E-state index in [-0.39, 0.29) is 6.10 Å². The number of allylic oxidation sites excluding steroid dienone is 2. The molecule has 2 rings (SSSR count). The molecule has 0 spiro atoms. The minimum atomic E-state index is -0.203. The van der Waals surface area contributed by atoms with Crippen LogP contribution in [0.2, 0.25) is 0 Å². The van der Waals surface area contributed by atoms with E-state index in [1.807, 2.05) is 0 Å². The van der Waals surface area contributed by atoms with Crippen LogP contribution < -0.4 is 0 Å². The fraction of sp³-hybridized carbons (Fsp3) is 0.800. The minimum absolute atomic E-state index is 0.203. The van der Waals surface area contributed by atoms with E-state index < -0.39 is 0 Å². The van der Waals surface area contributed by atoms with Crippen molar-refractivity contribution in [1.29, 1.82) is 0 Å². The molecule has 1 saturated heterocycles. The number of ether oxygens (including phenoxy) is 1. The normalized spacial score (nSPS) is 36.4. The van der Waals surface area contributed by atoms with Crippen LogP contribution in [0.3, 0.4) is 0 Å². The second kappa shape index (κ2) is 3.58. The maximum Gasteiger partial charge on any atom is 0.0823 e. The van der Waals surface area contributed by atoms with Crippen molar-refractivity contribution in [3.8, 4) is 0 Å². The summed E-state index contributed by atoms with van der Waals surface area (Å²) in [7, 11) is 0. The van der Waals surface area contributed by atoms with Gasteiger partial charge in [0.15, 0.2) is 0 Å². The summed E-state index contributed by atoms with van der Waals surface area (Å²) < 4.78 is 5.21. The van der Waals surface area contributed by atoms with Crippen molar-refractivity contribution >= 4 is 0 Å². The first-order chi connectivity index (χ1) is 5.86. The topological polar surface area (TPSA) is 29.5 Å². The number of hydrogen-bond acceptors (Lipinski definition) is 2. The van der Waals surface area contributed by atoms with Crippen molar-refractivity contribution in [2.75, 3.05) is 13.2 Å². The quantitative estimate of drug-likeness (QED) is 0.631. The Morgan fingerprint density at radius 3 is 2.58 bits per heavy atom. The summed E-state index contributed by atoms with van der Waals surface area (Å²) in [6.45, 7) is 1.31. The largest absolute Gasteiger partial charge is 0.390 e. The summed E-state index contributed by atoms with van der Waals surface area (Å²) in [6, 6.07) is 0. The predicted octanol–water partition coefficient (Wildman–Crippen LogP) is 1.35. The first-order valence-electron chi connectivity index (χ1n) is 4.77. The molecule has 68 valence electrons. The van der Waals surface area contributed by atoms with Crippen LogP contribution in [0, 0.1) is 11.8 Å². The predicted molar refractivity (Wildman–Crippen MR) is 46.8 cm³/mol. The van der Waals surface area contributed by atoms with Crippen molar-refractivity contribution < 1.29 is 9.84 Å². The van der Waals surface area contributed by atoms with Gasteiger partial charge < -0.3 is 9.84 Å². The Morgan fingerprint density at radius 2 is 2.00 bits per heavy atom. The Bertz CT molecular complexity index is 169. The Balaban J connectivity index is 1.78. The molecule has 2 aliphatic rings. The monoisotopic (exact) mass is 168 g/mol. The molecule has 2 heteroatoms. The zero-order chi connectivity index (χ0) is 8.39. The molecule has 1 aliphatic heterocycles. The highest BCUT2D eigenvalue weighted by Crippen LogP contribution is 2.29. The second-order valence-corrected chi connectivity index (χ2v) is 3.91. The van der Waals surface area contributed by atoms with Gasteiger partial charge in [-0.3, -0.25) is 0 Å². The van der Waals surface area contributed by atoms with Crippen LogP contribution in [0.4, 0.5) is 0 Å². The van der Waals surface area contributed by atoms with Crippen molar-refractivity contribution in [2.45, 2.75) is 25.4 Å². The molecule has 0 radical (unpaired) electrons. The molecule has 1 aliphatic carbocycles. The highest BCUT2D eigenvalue weighted by Gasteiger charge is 2.28. The molecule has 0 aromatic heterocycles. The zero-order valence-electron chi connectivity index (χ0n) is 7.28. The highest BCUT2D eigenvalue weighted by molar-refractivity contribution is 4.95. The maximum absolute atomic E-state index is 9.50. The fourth-order valence-electron chi connectivity index (χ4n) is 2.11. The fourth-order valence-corrected chi connectivity index (χ4v) is 2.11. The van der Waals surface area contributed by atoms with Gasteiger partial charge in [-0.25, -0.2) is 0 Å². The van der Waals surface area contributed by atoms with E-state index in [9.17, 15) is 5.11 Å². The summed E-state index contributed by atoms with van der Waals surface area (Å²) in [5, 5.41) is 9.50. The van der Waals surface area contributed by atoms with Gasteiger partial charge in [-0.05, 0) is 25.2 Å². The number of aliphatic hydroxyl groups is 1. The van der Waals surface area contributed by atoms with E-state index >= 15 is 0 Å². The van der Waals surface area contributed by atoms with Crippen molar-refractivity contribution in [3.05, 3.63) is 12.2 Å². The molecule has 2 unspecified atom stereocenters. The van der Waals surface area contributed by atoms with Gasteiger partial charge >= 0.3 is 0 Å². The van der Waals surface area contributed by atoms with E-state index in [1.165, 1.54) is 12.8 Å². The van der Waals surface area contributed by atoms with Gasteiger partial charge in [0.05, 0.1) is 19.3 Å². The van der Waals surface area contributed by atoms with Crippen LogP contribution >= 0.6 is 0 Å². The Hall–Kier alpha value is -0.340. The van der Waals surface area contributed by atoms with Crippen LogP contribution in [0.5, 0.6) is 0 Å². The van der Waals surface area contributed by atoms with Gasteiger partial charge in [0.1, 0.15) is 0 Å². The number of aliphatic hydroxyl groups excluding tert-OH is 1. The third-order valence-electron chi connectivity index (χ3n) is 2.91. The summed E-state index contributed by atoms with van der Waals surface area (Å²) in [6.07, 6.45) is 7.81. The Morgan fingerprint density at radius 1 is 1.25 bits per heavy atom. The molecular formula is C10H16O2. The number of rotatable bonds is 2. The first kappa shape index (κ1) is 8.27. The van der Waals surface area contributed by atoms with E-state index in [2.05, 4.69) is 12.2 Å². The lowest BCUT2D eigenvalue weighted by Gasteiger charge is -2.16. The highest BCUT2D eigenvalue weighted by atomic mass is 16.5. The minimum Gasteiger partial charge on any atom is -0.390 e. The SMILES string of the molecule is OC1COCC1CC1CC=CC1. The van der Waals surface area contributed by atoms with Crippen LogP contribution in [0.15, 0.2) is 12.2 Å². The average molecular weight is 168 g/mol. The average Bonchev–Trinajstić information content (AvgIpc) is 2.65. The molecule has 0 amide bonds. The molecule has 0 aromatic carbocycles. The molecule has 2 atom stereocenters. The first-order valence-corrected chi connectivity index (χ1v) is 4.77. The van der Waals surface area contributed by atoms with Crippen molar-refractivity contribution in [2.24, 2.45) is 11.8 Å². The van der Waals surface area contributed by atoms with Gasteiger partial charge in [-0.15, -0.1) is 0 Å². The van der Waals surface area contributed by atoms with Crippen LogP contribution in [0.25, 0.3) is 0 Å². The molecule has 1 N–H and O–H groups in total. The van der Waals surface area contributed by atoms with Gasteiger partial charge in [0.25, 0.3) is 0 Å². The molecule has 0 saturated carbocycles. The number of hydrogen-bond donors (Lipinski definition) is 1. The molecule has 12 heavy (non-hydrogen) atoms. The van der Waals surface area contributed by atoms with Crippen molar-refractivity contribution in [3.63, 3.8) is 0 Å². The van der Waals surface area contributed by atoms with E-state index in [0.717, 1.165) is 18.9 Å². The van der Waals surface area contributed by atoms with Crippen molar-refractivity contribution in [1.82, 2.24) is 0 Å². The van der Waals surface area contributed by atoms with Gasteiger partial charge in [-0.1, -0.05) is 12.2 Å². The van der Waals surface area contributed by atoms with E-state index in [4.69, 9.17) is 4.74 Å². The summed E-state index contributed by atoms with van der Waals surface area (Å²) in [4.78, 5) is 0. The standard InChI is InChI=1S/C10H16O2/c11-10-7-12-6-9(10)5-8-3-1-2-4-8/h1-2,8-11H,3-7H2. The Kier molecular flexibility index (Phi) is 2.47. The molecule has 1 fully saturated rings. The molecule has 0 aromatic rings. The van der Waals surface area contributed by atoms with Crippen LogP contribution in [0.1, 0.15) is 19.3 Å². The maximum atomic E-state index is 9.50. The third-order valence-corrected chi connectivity index (χ3v) is 2.91. The van der Waals surface area contributed by atoms with Gasteiger partial charge in [-0.2, -0.15) is 0 Å². The smallest absolute Gasteiger partial charge is 0.0823 e. The molecule has 2 nitrogen and oxygen atoms in total. The van der Waals surface area contributed by atoms with Crippen LogP contribution in [-0.4, -0.2) is 24.4 Å². The van der Waals surface area contributed by atoms with E-state index in [1.54, 1.807) is 0 Å². The summed E-state index contributed by atoms with van der Waals surface area (Å²) in [5.74, 6) is 1.17. The summed E-state index contributed by atoms with van der Waals surface area (Å²) >= 11 is 0. The van der Waals surface area contributed by atoms with Gasteiger partial charge in [0.2, 0.25) is 0 Å². The lowest BCUT2D eigenvalue weighted by molar-refractivity contribution is 0.114. The van der Waals surface area contributed by atoms with Crippen LogP contribution in [-0.2, 0) is 4.74 Å². The lowest BCUT2D eigenvalue weighted by atomic mass is 9.91. The second-order valence-electron chi connectivity index (χ2n) is 3.91. The van der Waals surface area contributed by atoms with E-state index in [0.29, 0.717) is 12.5 Å². The molecular weight excluding hydrogens is 152 g/mol. The zero-order valence-corrected chi connectivity index (χ0v) is 7.28.